The van der Waals surface area contributed by atoms with Gasteiger partial charge >= 0.3 is 0 Å². The Morgan fingerprint density at radius 1 is 1.11 bits per heavy atom. The highest BCUT2D eigenvalue weighted by Gasteiger charge is 2.21. The lowest BCUT2D eigenvalue weighted by atomic mass is 10.1. The molecule has 3 rings (SSSR count). The first-order chi connectivity index (χ1) is 13.3. The van der Waals surface area contributed by atoms with E-state index >= 15 is 0 Å². The molecule has 1 unspecified atom stereocenters. The number of aryl methyl sites for hydroxylation is 2. The van der Waals surface area contributed by atoms with Crippen LogP contribution in [-0.4, -0.2) is 40.1 Å². The zero-order chi connectivity index (χ0) is 20.1. The number of carbonyl (C=O) groups excluding carboxylic acids is 1. The number of benzene rings is 2. The molecular formula is C20H24N2O5S. The molecule has 0 saturated carbocycles. The molecule has 2 aromatic carbocycles. The molecule has 1 atom stereocenters. The van der Waals surface area contributed by atoms with Gasteiger partial charge in [-0.05, 0) is 49.2 Å². The van der Waals surface area contributed by atoms with E-state index in [-0.39, 0.29) is 36.4 Å². The predicted octanol–water partition coefficient (Wildman–Crippen LogP) is 1.93. The third kappa shape index (κ3) is 5.02. The van der Waals surface area contributed by atoms with Crippen LogP contribution in [0.15, 0.2) is 47.4 Å². The summed E-state index contributed by atoms with van der Waals surface area (Å²) in [5.74, 6) is 1.07. The number of hydrogen-bond donors (Lipinski definition) is 2. The first kappa shape index (κ1) is 20.2. The number of hydrogen-bond acceptors (Lipinski definition) is 5. The Hall–Kier alpha value is -2.58. The van der Waals surface area contributed by atoms with Gasteiger partial charge in [-0.1, -0.05) is 18.2 Å². The molecule has 28 heavy (non-hydrogen) atoms. The van der Waals surface area contributed by atoms with Crippen molar-refractivity contribution in [2.45, 2.75) is 31.3 Å². The summed E-state index contributed by atoms with van der Waals surface area (Å²) in [6, 6.07) is 12.3. The van der Waals surface area contributed by atoms with E-state index in [1.165, 1.54) is 0 Å². The van der Waals surface area contributed by atoms with Gasteiger partial charge in [0.05, 0.1) is 11.4 Å². The lowest BCUT2D eigenvalue weighted by molar-refractivity contribution is -0.121. The molecule has 150 valence electrons. The van der Waals surface area contributed by atoms with Gasteiger partial charge < -0.3 is 14.8 Å². The Bertz CT molecular complexity index is 959. The van der Waals surface area contributed by atoms with Crippen molar-refractivity contribution >= 4 is 15.9 Å². The van der Waals surface area contributed by atoms with Gasteiger partial charge in [0.15, 0.2) is 11.5 Å². The van der Waals surface area contributed by atoms with E-state index in [4.69, 9.17) is 9.47 Å². The molecule has 8 heteroatoms. The number of rotatable bonds is 7. The molecule has 1 aliphatic rings. The molecule has 0 saturated heterocycles. The Morgan fingerprint density at radius 2 is 1.86 bits per heavy atom. The standard InChI is InChI=1S/C20H24N2O5S/c1-14-7-8-17(11-15(14)2)28(24,25)22-10-9-20(23)21-12-16-13-26-18-5-3-4-6-19(18)27-16/h3-8,11,16,22H,9-10,12-13H2,1-2H3,(H,21,23). The predicted molar refractivity (Wildman–Crippen MR) is 105 cm³/mol. The summed E-state index contributed by atoms with van der Waals surface area (Å²) in [5, 5.41) is 2.75. The van der Waals surface area contributed by atoms with E-state index in [0.717, 1.165) is 11.1 Å². The van der Waals surface area contributed by atoms with E-state index in [2.05, 4.69) is 10.0 Å². The fourth-order valence-electron chi connectivity index (χ4n) is 2.74. The Balaban J connectivity index is 1.43. The molecule has 0 spiro atoms. The molecule has 0 fully saturated rings. The number of ether oxygens (including phenoxy) is 2. The Labute approximate surface area is 165 Å². The number of nitrogens with one attached hydrogen (secondary N) is 2. The van der Waals surface area contributed by atoms with Crippen LogP contribution in [0.4, 0.5) is 0 Å². The minimum Gasteiger partial charge on any atom is -0.486 e. The van der Waals surface area contributed by atoms with Crippen molar-refractivity contribution in [1.82, 2.24) is 10.0 Å². The fraction of sp³-hybridized carbons (Fsp3) is 0.350. The molecule has 1 aliphatic heterocycles. The van der Waals surface area contributed by atoms with Crippen LogP contribution in [-0.2, 0) is 14.8 Å². The summed E-state index contributed by atoms with van der Waals surface area (Å²) in [6.45, 7) is 4.43. The van der Waals surface area contributed by atoms with Crippen LogP contribution < -0.4 is 19.5 Å². The van der Waals surface area contributed by atoms with Crippen molar-refractivity contribution in [1.29, 1.82) is 0 Å². The molecule has 7 nitrogen and oxygen atoms in total. The van der Waals surface area contributed by atoms with Crippen LogP contribution in [0.3, 0.4) is 0 Å². The van der Waals surface area contributed by atoms with Crippen LogP contribution >= 0.6 is 0 Å². The summed E-state index contributed by atoms with van der Waals surface area (Å²) in [4.78, 5) is 12.2. The topological polar surface area (TPSA) is 93.7 Å². The number of sulfonamides is 1. The summed E-state index contributed by atoms with van der Waals surface area (Å²) < 4.78 is 38.5. The Kier molecular flexibility index (Phi) is 6.21. The average Bonchev–Trinajstić information content (AvgIpc) is 2.68. The zero-order valence-electron chi connectivity index (χ0n) is 15.9. The van der Waals surface area contributed by atoms with E-state index < -0.39 is 10.0 Å². The molecule has 2 N–H and O–H groups in total. The average molecular weight is 404 g/mol. The monoisotopic (exact) mass is 404 g/mol. The normalized spacial score (nSPS) is 15.9. The quantitative estimate of drug-likeness (QED) is 0.735. The maximum atomic E-state index is 12.3. The van der Waals surface area contributed by atoms with Gasteiger partial charge in [0.2, 0.25) is 15.9 Å². The van der Waals surface area contributed by atoms with Gasteiger partial charge in [0.1, 0.15) is 12.7 Å². The second-order valence-electron chi connectivity index (χ2n) is 6.70. The van der Waals surface area contributed by atoms with Crippen molar-refractivity contribution < 1.29 is 22.7 Å². The zero-order valence-corrected chi connectivity index (χ0v) is 16.7. The lowest BCUT2D eigenvalue weighted by Gasteiger charge is -2.26. The van der Waals surface area contributed by atoms with Crippen LogP contribution in [0.25, 0.3) is 0 Å². The highest BCUT2D eigenvalue weighted by molar-refractivity contribution is 7.89. The number of amides is 1. The fourth-order valence-corrected chi connectivity index (χ4v) is 3.86. The second-order valence-corrected chi connectivity index (χ2v) is 8.46. The minimum absolute atomic E-state index is 0.0198. The van der Waals surface area contributed by atoms with Crippen LogP contribution in [0, 0.1) is 13.8 Å². The molecule has 0 radical (unpaired) electrons. The molecule has 0 aromatic heterocycles. The van der Waals surface area contributed by atoms with Crippen molar-refractivity contribution in [3.63, 3.8) is 0 Å². The smallest absolute Gasteiger partial charge is 0.240 e. The van der Waals surface area contributed by atoms with Gasteiger partial charge in [-0.3, -0.25) is 4.79 Å². The first-order valence-electron chi connectivity index (χ1n) is 9.07. The summed E-state index contributed by atoms with van der Waals surface area (Å²) in [5.41, 5.74) is 1.92. The minimum atomic E-state index is -3.64. The lowest BCUT2D eigenvalue weighted by Crippen LogP contribution is -2.41. The molecule has 1 heterocycles. The van der Waals surface area contributed by atoms with Gasteiger partial charge in [0.25, 0.3) is 0 Å². The van der Waals surface area contributed by atoms with E-state index in [1.807, 2.05) is 38.1 Å². The van der Waals surface area contributed by atoms with Crippen LogP contribution in [0.5, 0.6) is 11.5 Å². The van der Waals surface area contributed by atoms with E-state index in [1.54, 1.807) is 18.2 Å². The summed E-state index contributed by atoms with van der Waals surface area (Å²) in [6.07, 6.45) is -0.250. The largest absolute Gasteiger partial charge is 0.486 e. The maximum absolute atomic E-state index is 12.3. The van der Waals surface area contributed by atoms with Crippen molar-refractivity contribution in [2.24, 2.45) is 0 Å². The van der Waals surface area contributed by atoms with Crippen LogP contribution in [0.2, 0.25) is 0 Å². The Morgan fingerprint density at radius 3 is 2.61 bits per heavy atom. The SMILES string of the molecule is Cc1ccc(S(=O)(=O)NCCC(=O)NCC2COc3ccccc3O2)cc1C. The van der Waals surface area contributed by atoms with Gasteiger partial charge in [-0.15, -0.1) is 0 Å². The van der Waals surface area contributed by atoms with Crippen molar-refractivity contribution in [3.05, 3.63) is 53.6 Å². The van der Waals surface area contributed by atoms with Crippen LogP contribution in [0.1, 0.15) is 17.5 Å². The highest BCUT2D eigenvalue weighted by atomic mass is 32.2. The third-order valence-corrected chi connectivity index (χ3v) is 5.99. The van der Waals surface area contributed by atoms with Gasteiger partial charge in [0, 0.05) is 13.0 Å². The number of fused-ring (bicyclic) bond motifs is 1. The molecule has 0 bridgehead atoms. The van der Waals surface area contributed by atoms with E-state index in [9.17, 15) is 13.2 Å². The molecule has 1 amide bonds. The van der Waals surface area contributed by atoms with Crippen molar-refractivity contribution in [3.8, 4) is 11.5 Å². The van der Waals surface area contributed by atoms with Gasteiger partial charge in [-0.25, -0.2) is 13.1 Å². The summed E-state index contributed by atoms with van der Waals surface area (Å²) >= 11 is 0. The third-order valence-electron chi connectivity index (χ3n) is 4.53. The van der Waals surface area contributed by atoms with Crippen molar-refractivity contribution in [2.75, 3.05) is 19.7 Å². The molecule has 0 aliphatic carbocycles. The maximum Gasteiger partial charge on any atom is 0.240 e. The number of para-hydroxylation sites is 2. The first-order valence-corrected chi connectivity index (χ1v) is 10.6. The second kappa shape index (κ2) is 8.62. The van der Waals surface area contributed by atoms with E-state index in [0.29, 0.717) is 18.1 Å². The summed E-state index contributed by atoms with van der Waals surface area (Å²) in [7, 11) is -3.64. The molecular weight excluding hydrogens is 380 g/mol. The molecule has 2 aromatic rings. The number of carbonyl (C=O) groups is 1. The highest BCUT2D eigenvalue weighted by Crippen LogP contribution is 2.30. The van der Waals surface area contributed by atoms with Gasteiger partial charge in [-0.2, -0.15) is 0 Å².